The zero-order valence-electron chi connectivity index (χ0n) is 8.68. The Morgan fingerprint density at radius 2 is 1.64 bits per heavy atom. The minimum absolute atomic E-state index is 0.522. The zero-order chi connectivity index (χ0) is 11.6. The molecule has 5 nitrogen and oxygen atoms in total. The Hall–Kier alpha value is -0.650. The van der Waals surface area contributed by atoms with Crippen molar-refractivity contribution in [3.8, 4) is 0 Å². The SMILES string of the molecule is CC(O)C(=O)O.CCCCCC(O)O. The van der Waals surface area contributed by atoms with Gasteiger partial charge < -0.3 is 20.4 Å². The number of aliphatic hydroxyl groups excluding tert-OH is 2. The third-order valence-corrected chi connectivity index (χ3v) is 1.42. The summed E-state index contributed by atoms with van der Waals surface area (Å²) >= 11 is 0. The van der Waals surface area contributed by atoms with Gasteiger partial charge in [-0.1, -0.05) is 19.8 Å². The lowest BCUT2D eigenvalue weighted by molar-refractivity contribution is -0.145. The van der Waals surface area contributed by atoms with E-state index in [2.05, 4.69) is 6.92 Å². The van der Waals surface area contributed by atoms with Crippen LogP contribution in [0.25, 0.3) is 0 Å². The molecule has 1 unspecified atom stereocenters. The van der Waals surface area contributed by atoms with E-state index in [1.807, 2.05) is 0 Å². The van der Waals surface area contributed by atoms with Crippen molar-refractivity contribution in [1.82, 2.24) is 0 Å². The highest BCUT2D eigenvalue weighted by atomic mass is 16.5. The lowest BCUT2D eigenvalue weighted by Gasteiger charge is -1.99. The first-order chi connectivity index (χ1) is 6.41. The van der Waals surface area contributed by atoms with Crippen LogP contribution in [0, 0.1) is 0 Å². The van der Waals surface area contributed by atoms with Gasteiger partial charge in [-0.25, -0.2) is 4.79 Å². The Labute approximate surface area is 84.0 Å². The van der Waals surface area contributed by atoms with Gasteiger partial charge >= 0.3 is 5.97 Å². The van der Waals surface area contributed by atoms with Gasteiger partial charge in [0, 0.05) is 0 Å². The fraction of sp³-hybridized carbons (Fsp3) is 0.889. The molecule has 0 spiro atoms. The lowest BCUT2D eigenvalue weighted by Crippen LogP contribution is -2.13. The Bertz CT molecular complexity index is 133. The first-order valence-corrected chi connectivity index (χ1v) is 4.68. The molecule has 0 saturated heterocycles. The van der Waals surface area contributed by atoms with Gasteiger partial charge in [-0.15, -0.1) is 0 Å². The van der Waals surface area contributed by atoms with Crippen molar-refractivity contribution >= 4 is 5.97 Å². The highest BCUT2D eigenvalue weighted by Gasteiger charge is 2.01. The molecule has 0 amide bonds. The molecule has 0 aliphatic heterocycles. The van der Waals surface area contributed by atoms with Crippen molar-refractivity contribution in [1.29, 1.82) is 0 Å². The highest BCUT2D eigenvalue weighted by molar-refractivity contribution is 5.71. The van der Waals surface area contributed by atoms with Crippen LogP contribution >= 0.6 is 0 Å². The van der Waals surface area contributed by atoms with Crippen LogP contribution in [0.3, 0.4) is 0 Å². The third-order valence-electron chi connectivity index (χ3n) is 1.42. The molecule has 0 saturated carbocycles. The number of carbonyl (C=O) groups is 1. The van der Waals surface area contributed by atoms with E-state index in [1.54, 1.807) is 0 Å². The number of hydrogen-bond acceptors (Lipinski definition) is 4. The molecule has 14 heavy (non-hydrogen) atoms. The maximum absolute atomic E-state index is 9.45. The monoisotopic (exact) mass is 208 g/mol. The second kappa shape index (κ2) is 10.4. The number of rotatable bonds is 5. The molecular formula is C9H20O5. The van der Waals surface area contributed by atoms with Crippen molar-refractivity contribution in [3.63, 3.8) is 0 Å². The quantitative estimate of drug-likeness (QED) is 0.385. The summed E-state index contributed by atoms with van der Waals surface area (Å²) in [4.78, 5) is 9.45. The summed E-state index contributed by atoms with van der Waals surface area (Å²) in [7, 11) is 0. The lowest BCUT2D eigenvalue weighted by atomic mass is 10.2. The van der Waals surface area contributed by atoms with Crippen molar-refractivity contribution in [2.24, 2.45) is 0 Å². The normalized spacial score (nSPS) is 11.9. The van der Waals surface area contributed by atoms with Gasteiger partial charge in [-0.2, -0.15) is 0 Å². The van der Waals surface area contributed by atoms with Crippen LogP contribution in [0.2, 0.25) is 0 Å². The molecule has 86 valence electrons. The molecule has 0 aliphatic rings. The number of unbranched alkanes of at least 4 members (excludes halogenated alkanes) is 2. The Kier molecular flexibility index (Phi) is 11.8. The van der Waals surface area contributed by atoms with Crippen LogP contribution in [0.4, 0.5) is 0 Å². The molecule has 0 aromatic rings. The molecule has 4 N–H and O–H groups in total. The van der Waals surface area contributed by atoms with Crippen molar-refractivity contribution in [2.75, 3.05) is 0 Å². The Balaban J connectivity index is 0. The number of carboxylic acids is 1. The molecule has 0 aromatic carbocycles. The maximum Gasteiger partial charge on any atom is 0.332 e. The highest BCUT2D eigenvalue weighted by Crippen LogP contribution is 1.99. The zero-order valence-corrected chi connectivity index (χ0v) is 8.68. The summed E-state index contributed by atoms with van der Waals surface area (Å²) in [6, 6.07) is 0. The first kappa shape index (κ1) is 15.8. The molecule has 5 heteroatoms. The molecular weight excluding hydrogens is 188 g/mol. The molecule has 0 aromatic heterocycles. The summed E-state index contributed by atoms with van der Waals surface area (Å²) in [6.45, 7) is 3.28. The number of carboxylic acid groups (broad SMARTS) is 1. The van der Waals surface area contributed by atoms with Crippen molar-refractivity contribution in [2.45, 2.75) is 51.9 Å². The summed E-state index contributed by atoms with van der Waals surface area (Å²) in [5, 5.41) is 32.4. The van der Waals surface area contributed by atoms with E-state index < -0.39 is 18.4 Å². The minimum atomic E-state index is -1.23. The van der Waals surface area contributed by atoms with Gasteiger partial charge in [-0.05, 0) is 19.8 Å². The van der Waals surface area contributed by atoms with Crippen LogP contribution in [-0.4, -0.2) is 38.8 Å². The third kappa shape index (κ3) is 17.4. The average Bonchev–Trinajstić information content (AvgIpc) is 2.05. The summed E-state index contributed by atoms with van der Waals surface area (Å²) in [5.74, 6) is -1.19. The van der Waals surface area contributed by atoms with E-state index in [0.29, 0.717) is 6.42 Å². The van der Waals surface area contributed by atoms with E-state index in [-0.39, 0.29) is 0 Å². The molecule has 0 rings (SSSR count). The molecule has 0 bridgehead atoms. The van der Waals surface area contributed by atoms with Crippen LogP contribution < -0.4 is 0 Å². The van der Waals surface area contributed by atoms with Gasteiger partial charge in [-0.3, -0.25) is 0 Å². The second-order valence-corrected chi connectivity index (χ2v) is 2.99. The fourth-order valence-electron chi connectivity index (χ4n) is 0.577. The van der Waals surface area contributed by atoms with E-state index >= 15 is 0 Å². The predicted molar refractivity (Wildman–Crippen MR) is 51.7 cm³/mol. The summed E-state index contributed by atoms with van der Waals surface area (Å²) in [6.07, 6.45) is 1.35. The second-order valence-electron chi connectivity index (χ2n) is 2.99. The van der Waals surface area contributed by atoms with Gasteiger partial charge in [0.05, 0.1) is 0 Å². The number of hydrogen-bond donors (Lipinski definition) is 4. The van der Waals surface area contributed by atoms with Crippen molar-refractivity contribution < 1.29 is 25.2 Å². The van der Waals surface area contributed by atoms with E-state index in [9.17, 15) is 4.79 Å². The van der Waals surface area contributed by atoms with Crippen LogP contribution in [0.5, 0.6) is 0 Å². The van der Waals surface area contributed by atoms with Crippen LogP contribution in [0.15, 0.2) is 0 Å². The Morgan fingerprint density at radius 1 is 1.21 bits per heavy atom. The smallest absolute Gasteiger partial charge is 0.332 e. The fourth-order valence-corrected chi connectivity index (χ4v) is 0.577. The topological polar surface area (TPSA) is 98.0 Å². The van der Waals surface area contributed by atoms with Gasteiger partial charge in [0.15, 0.2) is 6.29 Å². The van der Waals surface area contributed by atoms with Crippen molar-refractivity contribution in [3.05, 3.63) is 0 Å². The standard InChI is InChI=1S/C6H14O2.C3H6O3/c1-2-3-4-5-6(7)8;1-2(4)3(5)6/h6-8H,2-5H2,1H3;2,4H,1H3,(H,5,6). The van der Waals surface area contributed by atoms with E-state index in [4.69, 9.17) is 20.4 Å². The largest absolute Gasteiger partial charge is 0.479 e. The van der Waals surface area contributed by atoms with E-state index in [0.717, 1.165) is 19.3 Å². The van der Waals surface area contributed by atoms with Crippen LogP contribution in [0.1, 0.15) is 39.5 Å². The molecule has 0 heterocycles. The maximum atomic E-state index is 9.45. The summed E-state index contributed by atoms with van der Waals surface area (Å²) in [5.41, 5.74) is 0. The predicted octanol–water partition coefficient (Wildman–Crippen LogP) is 0.329. The average molecular weight is 208 g/mol. The summed E-state index contributed by atoms with van der Waals surface area (Å²) < 4.78 is 0. The number of aliphatic carboxylic acids is 1. The first-order valence-electron chi connectivity index (χ1n) is 4.68. The minimum Gasteiger partial charge on any atom is -0.479 e. The molecule has 0 fully saturated rings. The van der Waals surface area contributed by atoms with Crippen LogP contribution in [-0.2, 0) is 4.79 Å². The van der Waals surface area contributed by atoms with E-state index in [1.165, 1.54) is 6.92 Å². The van der Waals surface area contributed by atoms with Gasteiger partial charge in [0.2, 0.25) is 0 Å². The Morgan fingerprint density at radius 3 is 1.86 bits per heavy atom. The number of aliphatic hydroxyl groups is 3. The molecule has 0 radical (unpaired) electrons. The molecule has 0 aliphatic carbocycles. The molecule has 1 atom stereocenters. The van der Waals surface area contributed by atoms with Gasteiger partial charge in [0.1, 0.15) is 6.10 Å². The van der Waals surface area contributed by atoms with Gasteiger partial charge in [0.25, 0.3) is 0 Å².